The largest absolute Gasteiger partial charge is 0.398 e. The van der Waals surface area contributed by atoms with Gasteiger partial charge in [-0.2, -0.15) is 0 Å². The van der Waals surface area contributed by atoms with Crippen LogP contribution >= 0.6 is 12.4 Å². The highest BCUT2D eigenvalue weighted by atomic mass is 35.5. The number of nitrogens with zero attached hydrogens (tertiary/aromatic N) is 2. The molecule has 0 bridgehead atoms. The van der Waals surface area contributed by atoms with E-state index in [1.54, 1.807) is 29.2 Å². The number of carbonyl (C=O) groups excluding carboxylic acids is 3. The number of nitrogens with one attached hydrogen (secondary N) is 1. The summed E-state index contributed by atoms with van der Waals surface area (Å²) in [5.74, 6) is -0.478. The van der Waals surface area contributed by atoms with E-state index in [0.717, 1.165) is 24.1 Å². The van der Waals surface area contributed by atoms with Gasteiger partial charge in [0.25, 0.3) is 5.91 Å². The van der Waals surface area contributed by atoms with Crippen LogP contribution in [-0.2, 0) is 16.0 Å². The van der Waals surface area contributed by atoms with Gasteiger partial charge in [-0.3, -0.25) is 19.8 Å². The van der Waals surface area contributed by atoms with Crippen LogP contribution in [-0.4, -0.2) is 24.3 Å². The van der Waals surface area contributed by atoms with E-state index in [2.05, 4.69) is 5.43 Å². The molecule has 0 atom stereocenters. The van der Waals surface area contributed by atoms with E-state index in [0.29, 0.717) is 23.5 Å². The first-order valence-electron chi connectivity index (χ1n) is 8.96. The number of hydrogen-bond donors (Lipinski definition) is 2. The van der Waals surface area contributed by atoms with Crippen molar-refractivity contribution in [2.45, 2.75) is 25.7 Å². The molecule has 3 amide bonds. The minimum atomic E-state index is -0.197. The Bertz CT molecular complexity index is 930. The Morgan fingerprint density at radius 3 is 2.50 bits per heavy atom. The van der Waals surface area contributed by atoms with Gasteiger partial charge in [-0.25, -0.2) is 5.01 Å². The van der Waals surface area contributed by atoms with E-state index < -0.39 is 0 Å². The minimum Gasteiger partial charge on any atom is -0.398 e. The first kappa shape index (κ1) is 19.7. The van der Waals surface area contributed by atoms with Gasteiger partial charge in [-0.1, -0.05) is 6.07 Å². The van der Waals surface area contributed by atoms with Crippen LogP contribution in [0.25, 0.3) is 0 Å². The normalized spacial score (nSPS) is 16.1. The van der Waals surface area contributed by atoms with Crippen molar-refractivity contribution in [3.05, 3.63) is 53.6 Å². The molecule has 0 saturated carbocycles. The molecule has 28 heavy (non-hydrogen) atoms. The van der Waals surface area contributed by atoms with E-state index in [1.165, 1.54) is 5.01 Å². The lowest BCUT2D eigenvalue weighted by molar-refractivity contribution is -0.130. The van der Waals surface area contributed by atoms with E-state index in [4.69, 9.17) is 5.73 Å². The third kappa shape index (κ3) is 3.53. The summed E-state index contributed by atoms with van der Waals surface area (Å²) >= 11 is 0. The van der Waals surface area contributed by atoms with Crippen LogP contribution in [0.15, 0.2) is 42.5 Å². The SMILES string of the molecule is Cl.Nc1cccc2c1CCCN2C(=O)c1ccc(N2NC(=O)CCC2=O)cc1. The first-order valence-corrected chi connectivity index (χ1v) is 8.96. The van der Waals surface area contributed by atoms with Crippen LogP contribution in [0, 0.1) is 0 Å². The molecule has 0 radical (unpaired) electrons. The third-order valence-electron chi connectivity index (χ3n) is 4.96. The molecular weight excluding hydrogens is 380 g/mol. The summed E-state index contributed by atoms with van der Waals surface area (Å²) in [6.45, 7) is 0.637. The van der Waals surface area contributed by atoms with Crippen LogP contribution in [0.5, 0.6) is 0 Å². The highest BCUT2D eigenvalue weighted by molar-refractivity contribution is 6.07. The van der Waals surface area contributed by atoms with E-state index in [9.17, 15) is 14.4 Å². The number of halogens is 1. The third-order valence-corrected chi connectivity index (χ3v) is 4.96. The maximum Gasteiger partial charge on any atom is 0.258 e. The zero-order valence-electron chi connectivity index (χ0n) is 15.2. The van der Waals surface area contributed by atoms with Crippen LogP contribution in [0.1, 0.15) is 35.2 Å². The Kier molecular flexibility index (Phi) is 5.56. The highest BCUT2D eigenvalue weighted by Gasteiger charge is 2.26. The molecule has 2 aromatic rings. The fourth-order valence-corrected chi connectivity index (χ4v) is 3.56. The van der Waals surface area contributed by atoms with Crippen molar-refractivity contribution in [1.29, 1.82) is 0 Å². The molecule has 2 aliphatic rings. The number of amides is 3. The number of rotatable bonds is 2. The lowest BCUT2D eigenvalue weighted by Crippen LogP contribution is -2.50. The van der Waals surface area contributed by atoms with Crippen LogP contribution in [0.4, 0.5) is 17.1 Å². The predicted molar refractivity (Wildman–Crippen MR) is 109 cm³/mol. The standard InChI is InChI=1S/C20H20N4O3.ClH/c21-16-4-1-5-17-15(16)3-2-12-23(17)20(27)13-6-8-14(9-7-13)24-19(26)11-10-18(25)22-24;/h1,4-9H,2-3,10-12,21H2,(H,22,25);1H. The monoisotopic (exact) mass is 400 g/mol. The highest BCUT2D eigenvalue weighted by Crippen LogP contribution is 2.32. The Hall–Kier alpha value is -3.06. The molecular formula is C20H21ClN4O3. The van der Waals surface area contributed by atoms with Crippen molar-refractivity contribution in [3.8, 4) is 0 Å². The van der Waals surface area contributed by atoms with Gasteiger partial charge in [0.05, 0.1) is 5.69 Å². The fraction of sp³-hybridized carbons (Fsp3) is 0.250. The number of benzene rings is 2. The predicted octanol–water partition coefficient (Wildman–Crippen LogP) is 2.44. The number of hydrogen-bond acceptors (Lipinski definition) is 4. The van der Waals surface area contributed by atoms with Gasteiger partial charge in [-0.15, -0.1) is 12.4 Å². The maximum atomic E-state index is 13.0. The number of nitrogen functional groups attached to an aromatic ring is 1. The molecule has 8 heteroatoms. The average molecular weight is 401 g/mol. The van der Waals surface area contributed by atoms with Crippen molar-refractivity contribution in [3.63, 3.8) is 0 Å². The van der Waals surface area contributed by atoms with Crippen molar-refractivity contribution in [2.75, 3.05) is 22.2 Å². The molecule has 0 spiro atoms. The lowest BCUT2D eigenvalue weighted by Gasteiger charge is -2.30. The summed E-state index contributed by atoms with van der Waals surface area (Å²) in [5.41, 5.74) is 12.2. The number of carbonyl (C=O) groups is 3. The Labute approximate surface area is 168 Å². The Morgan fingerprint density at radius 1 is 1.00 bits per heavy atom. The summed E-state index contributed by atoms with van der Waals surface area (Å²) in [4.78, 5) is 38.3. The molecule has 3 N–H and O–H groups in total. The van der Waals surface area contributed by atoms with E-state index in [1.807, 2.05) is 18.2 Å². The molecule has 4 rings (SSSR count). The van der Waals surface area contributed by atoms with Crippen molar-refractivity contribution < 1.29 is 14.4 Å². The molecule has 7 nitrogen and oxygen atoms in total. The van der Waals surface area contributed by atoms with Gasteiger partial charge in [0.15, 0.2) is 0 Å². The zero-order valence-corrected chi connectivity index (χ0v) is 16.0. The minimum absolute atomic E-state index is 0. The molecule has 0 aromatic heterocycles. The van der Waals surface area contributed by atoms with Gasteiger partial charge in [-0.05, 0) is 54.8 Å². The van der Waals surface area contributed by atoms with Crippen molar-refractivity contribution >= 4 is 47.2 Å². The van der Waals surface area contributed by atoms with Gasteiger partial charge < -0.3 is 10.6 Å². The second-order valence-electron chi connectivity index (χ2n) is 6.72. The topological polar surface area (TPSA) is 95.7 Å². The smallest absolute Gasteiger partial charge is 0.258 e. The number of hydrazine groups is 1. The molecule has 146 valence electrons. The quantitative estimate of drug-likeness (QED) is 0.757. The summed E-state index contributed by atoms with van der Waals surface area (Å²) in [5, 5.41) is 1.23. The maximum absolute atomic E-state index is 13.0. The number of nitrogens with two attached hydrogens (primary N) is 1. The van der Waals surface area contributed by atoms with E-state index >= 15 is 0 Å². The molecule has 0 unspecified atom stereocenters. The molecule has 0 aliphatic carbocycles. The summed E-state index contributed by atoms with van der Waals surface area (Å²) in [7, 11) is 0. The van der Waals surface area contributed by atoms with E-state index in [-0.39, 0.29) is 43.0 Å². The summed E-state index contributed by atoms with van der Waals surface area (Å²) < 4.78 is 0. The van der Waals surface area contributed by atoms with Gasteiger partial charge >= 0.3 is 0 Å². The molecule has 1 saturated heterocycles. The van der Waals surface area contributed by atoms with Crippen LogP contribution in [0.2, 0.25) is 0 Å². The van der Waals surface area contributed by atoms with Gasteiger partial charge in [0, 0.05) is 36.3 Å². The summed E-state index contributed by atoms with van der Waals surface area (Å²) in [6, 6.07) is 12.3. The second kappa shape index (κ2) is 7.90. The van der Waals surface area contributed by atoms with Gasteiger partial charge in [0.1, 0.15) is 0 Å². The molecule has 2 aromatic carbocycles. The van der Waals surface area contributed by atoms with Crippen molar-refractivity contribution in [2.24, 2.45) is 0 Å². The Balaban J connectivity index is 0.00000225. The fourth-order valence-electron chi connectivity index (χ4n) is 3.56. The number of fused-ring (bicyclic) bond motifs is 1. The Morgan fingerprint density at radius 2 is 1.75 bits per heavy atom. The molecule has 1 fully saturated rings. The number of anilines is 3. The molecule has 2 aliphatic heterocycles. The second-order valence-corrected chi connectivity index (χ2v) is 6.72. The van der Waals surface area contributed by atoms with Gasteiger partial charge in [0.2, 0.25) is 11.8 Å². The summed E-state index contributed by atoms with van der Waals surface area (Å²) in [6.07, 6.45) is 2.10. The lowest BCUT2D eigenvalue weighted by atomic mass is 9.99. The van der Waals surface area contributed by atoms with Crippen LogP contribution in [0.3, 0.4) is 0 Å². The first-order chi connectivity index (χ1) is 13.0. The molecule has 2 heterocycles. The van der Waals surface area contributed by atoms with Crippen molar-refractivity contribution in [1.82, 2.24) is 5.43 Å². The average Bonchev–Trinajstić information content (AvgIpc) is 2.69. The zero-order chi connectivity index (χ0) is 19.0. The van der Waals surface area contributed by atoms with Crippen LogP contribution < -0.4 is 21.1 Å².